The monoisotopic (exact) mass is 415 g/mol. The zero-order valence-electron chi connectivity index (χ0n) is 16.1. The van der Waals surface area contributed by atoms with Crippen LogP contribution in [0.5, 0.6) is 0 Å². The number of cyclic esters (lactones) is 1. The number of hydrogen-bond acceptors (Lipinski definition) is 7. The highest BCUT2D eigenvalue weighted by Crippen LogP contribution is 2.27. The Morgan fingerprint density at radius 3 is 3.10 bits per heavy atom. The number of anilines is 1. The van der Waals surface area contributed by atoms with Gasteiger partial charge in [-0.3, -0.25) is 4.79 Å². The first-order valence-corrected chi connectivity index (χ1v) is 10.1. The van der Waals surface area contributed by atoms with E-state index in [1.165, 1.54) is 11.1 Å². The maximum Gasteiger partial charge on any atom is 0.416 e. The number of carbonyl (C=O) groups is 2. The topological polar surface area (TPSA) is 98.1 Å². The maximum atomic E-state index is 12.5. The normalized spacial score (nSPS) is 16.6. The molecule has 0 bridgehead atoms. The van der Waals surface area contributed by atoms with E-state index in [1.54, 1.807) is 6.20 Å². The molecule has 1 saturated heterocycles. The van der Waals surface area contributed by atoms with Crippen molar-refractivity contribution in [2.75, 3.05) is 18.1 Å². The van der Waals surface area contributed by atoms with Crippen molar-refractivity contribution in [1.29, 1.82) is 0 Å². The third kappa shape index (κ3) is 4.38. The molecule has 9 nitrogen and oxygen atoms in total. The number of thiazole rings is 1. The van der Waals surface area contributed by atoms with E-state index in [4.69, 9.17) is 9.47 Å². The summed E-state index contributed by atoms with van der Waals surface area (Å²) in [5.41, 5.74) is 1.76. The number of pyridine rings is 1. The summed E-state index contributed by atoms with van der Waals surface area (Å²) in [7, 11) is 0. The largest absolute Gasteiger partial charge is 0.441 e. The van der Waals surface area contributed by atoms with Crippen molar-refractivity contribution in [2.45, 2.75) is 32.6 Å². The van der Waals surface area contributed by atoms with Crippen LogP contribution in [-0.4, -0.2) is 51.7 Å². The van der Waals surface area contributed by atoms with E-state index in [1.807, 2.05) is 42.8 Å². The zero-order chi connectivity index (χ0) is 20.4. The number of imidazole rings is 1. The first-order chi connectivity index (χ1) is 14.0. The van der Waals surface area contributed by atoms with Crippen LogP contribution < -0.4 is 10.2 Å². The van der Waals surface area contributed by atoms with E-state index in [2.05, 4.69) is 15.3 Å². The Kier molecular flexibility index (Phi) is 5.45. The highest BCUT2D eigenvalue weighted by atomic mass is 32.1. The van der Waals surface area contributed by atoms with Crippen LogP contribution in [0.1, 0.15) is 29.1 Å². The van der Waals surface area contributed by atoms with Crippen molar-refractivity contribution < 1.29 is 19.1 Å². The molecule has 152 valence electrons. The van der Waals surface area contributed by atoms with Crippen LogP contribution in [-0.2, 0) is 16.0 Å². The summed E-state index contributed by atoms with van der Waals surface area (Å²) in [4.78, 5) is 34.9. The van der Waals surface area contributed by atoms with Gasteiger partial charge in [0, 0.05) is 25.1 Å². The average molecular weight is 415 g/mol. The fraction of sp³-hybridized carbons (Fsp3) is 0.368. The number of nitrogens with zero attached hydrogens (tertiary/aromatic N) is 4. The molecule has 0 aromatic carbocycles. The quantitative estimate of drug-likeness (QED) is 0.637. The predicted octanol–water partition coefficient (Wildman–Crippen LogP) is 2.47. The number of nitrogens with one attached hydrogen (secondary N) is 1. The van der Waals surface area contributed by atoms with E-state index >= 15 is 0 Å². The third-order valence-corrected chi connectivity index (χ3v) is 5.37. The van der Waals surface area contributed by atoms with Crippen molar-refractivity contribution in [1.82, 2.24) is 19.7 Å². The number of rotatable bonds is 7. The minimum atomic E-state index is -0.475. The molecule has 3 aromatic heterocycles. The Morgan fingerprint density at radius 2 is 2.28 bits per heavy atom. The van der Waals surface area contributed by atoms with Gasteiger partial charge in [-0.2, -0.15) is 0 Å². The molecule has 1 fully saturated rings. The predicted molar refractivity (Wildman–Crippen MR) is 107 cm³/mol. The summed E-state index contributed by atoms with van der Waals surface area (Å²) >= 11 is 1.15. The van der Waals surface area contributed by atoms with Gasteiger partial charge in [0.15, 0.2) is 5.13 Å². The Labute approximate surface area is 171 Å². The molecule has 0 saturated carbocycles. The van der Waals surface area contributed by atoms with Gasteiger partial charge in [-0.15, -0.1) is 0 Å². The first kappa shape index (κ1) is 19.3. The van der Waals surface area contributed by atoms with E-state index < -0.39 is 6.09 Å². The van der Waals surface area contributed by atoms with Crippen molar-refractivity contribution in [2.24, 2.45) is 0 Å². The van der Waals surface area contributed by atoms with Gasteiger partial charge in [-0.05, 0) is 31.5 Å². The SMILES string of the molecule is CC(C)OC[C@H]1CN(c2ncc(C(=O)NCc3ccn4ccnc4c3)s2)C(=O)O1. The Bertz CT molecular complexity index is 1030. The van der Waals surface area contributed by atoms with E-state index in [9.17, 15) is 9.59 Å². The summed E-state index contributed by atoms with van der Waals surface area (Å²) in [5.74, 6) is -0.246. The van der Waals surface area contributed by atoms with Crippen LogP contribution in [0.2, 0.25) is 0 Å². The number of ether oxygens (including phenoxy) is 2. The van der Waals surface area contributed by atoms with E-state index in [0.29, 0.717) is 29.7 Å². The number of fused-ring (bicyclic) bond motifs is 1. The van der Waals surface area contributed by atoms with E-state index in [-0.39, 0.29) is 18.1 Å². The van der Waals surface area contributed by atoms with Crippen LogP contribution in [0.3, 0.4) is 0 Å². The Balaban J connectivity index is 1.35. The van der Waals surface area contributed by atoms with Gasteiger partial charge in [0.05, 0.1) is 25.5 Å². The van der Waals surface area contributed by atoms with Gasteiger partial charge in [0.25, 0.3) is 5.91 Å². The molecule has 0 spiro atoms. The molecule has 0 aliphatic carbocycles. The van der Waals surface area contributed by atoms with Crippen molar-refractivity contribution in [3.05, 3.63) is 47.4 Å². The lowest BCUT2D eigenvalue weighted by Crippen LogP contribution is -2.26. The third-order valence-electron chi connectivity index (χ3n) is 4.35. The van der Waals surface area contributed by atoms with Crippen LogP contribution in [0, 0.1) is 0 Å². The number of hydrogen-bond donors (Lipinski definition) is 1. The van der Waals surface area contributed by atoms with Gasteiger partial charge in [-0.25, -0.2) is 19.7 Å². The molecule has 2 amide bonds. The van der Waals surface area contributed by atoms with Crippen molar-refractivity contribution in [3.63, 3.8) is 0 Å². The molecule has 29 heavy (non-hydrogen) atoms. The standard InChI is InChI=1S/C19H21N5O4S/c1-12(2)27-11-14-10-24(19(26)28-14)18-22-9-15(29-18)17(25)21-8-13-3-5-23-6-4-20-16(23)7-13/h3-7,9,12,14H,8,10-11H2,1-2H3,(H,21,25)/t14-/m1/s1. The lowest BCUT2D eigenvalue weighted by Gasteiger charge is -2.11. The van der Waals surface area contributed by atoms with Gasteiger partial charge in [0.1, 0.15) is 16.6 Å². The van der Waals surface area contributed by atoms with Gasteiger partial charge in [-0.1, -0.05) is 11.3 Å². The van der Waals surface area contributed by atoms with Gasteiger partial charge >= 0.3 is 6.09 Å². The van der Waals surface area contributed by atoms with Crippen LogP contribution >= 0.6 is 11.3 Å². The summed E-state index contributed by atoms with van der Waals surface area (Å²) in [5, 5.41) is 3.30. The van der Waals surface area contributed by atoms with Crippen LogP contribution in [0.15, 0.2) is 36.9 Å². The Hall–Kier alpha value is -2.98. The second-order valence-electron chi connectivity index (χ2n) is 6.92. The molecule has 3 aromatic rings. The molecule has 4 rings (SSSR count). The van der Waals surface area contributed by atoms with Gasteiger partial charge in [0.2, 0.25) is 0 Å². The zero-order valence-corrected chi connectivity index (χ0v) is 16.9. The maximum absolute atomic E-state index is 12.5. The van der Waals surface area contributed by atoms with Gasteiger partial charge < -0.3 is 19.2 Å². The lowest BCUT2D eigenvalue weighted by atomic mass is 10.2. The van der Waals surface area contributed by atoms with E-state index in [0.717, 1.165) is 22.5 Å². The summed E-state index contributed by atoms with van der Waals surface area (Å²) < 4.78 is 12.7. The molecule has 4 heterocycles. The fourth-order valence-electron chi connectivity index (χ4n) is 2.89. The highest BCUT2D eigenvalue weighted by Gasteiger charge is 2.34. The molecule has 10 heteroatoms. The molecular weight excluding hydrogens is 394 g/mol. The molecular formula is C19H21N5O4S. The number of amides is 2. The molecule has 1 atom stereocenters. The molecule has 1 aliphatic rings. The fourth-order valence-corrected chi connectivity index (χ4v) is 3.72. The second kappa shape index (κ2) is 8.18. The average Bonchev–Trinajstić information content (AvgIpc) is 3.43. The first-order valence-electron chi connectivity index (χ1n) is 9.25. The number of aromatic nitrogens is 3. The number of carbonyl (C=O) groups excluding carboxylic acids is 2. The Morgan fingerprint density at radius 1 is 1.41 bits per heavy atom. The minimum Gasteiger partial charge on any atom is -0.441 e. The lowest BCUT2D eigenvalue weighted by molar-refractivity contribution is 0.0153. The summed E-state index contributed by atoms with van der Waals surface area (Å²) in [6, 6.07) is 3.84. The minimum absolute atomic E-state index is 0.0621. The summed E-state index contributed by atoms with van der Waals surface area (Å²) in [6.07, 6.45) is 6.19. The molecule has 1 aliphatic heterocycles. The summed E-state index contributed by atoms with van der Waals surface area (Å²) in [6.45, 7) is 4.90. The van der Waals surface area contributed by atoms with Crippen molar-refractivity contribution in [3.8, 4) is 0 Å². The van der Waals surface area contributed by atoms with Crippen LogP contribution in [0.25, 0.3) is 5.65 Å². The molecule has 0 unspecified atom stereocenters. The highest BCUT2D eigenvalue weighted by molar-refractivity contribution is 7.17. The smallest absolute Gasteiger partial charge is 0.416 e. The molecule has 0 radical (unpaired) electrons. The molecule has 1 N–H and O–H groups in total. The van der Waals surface area contributed by atoms with Crippen molar-refractivity contribution >= 4 is 34.1 Å². The van der Waals surface area contributed by atoms with Crippen LogP contribution in [0.4, 0.5) is 9.93 Å². The second-order valence-corrected chi connectivity index (χ2v) is 7.93.